The molecule has 0 unspecified atom stereocenters. The van der Waals surface area contributed by atoms with Crippen molar-refractivity contribution in [3.05, 3.63) is 68.8 Å². The van der Waals surface area contributed by atoms with Gasteiger partial charge in [-0.1, -0.05) is 6.07 Å². The lowest BCUT2D eigenvalue weighted by Crippen LogP contribution is -1.93. The van der Waals surface area contributed by atoms with E-state index in [0.717, 1.165) is 33.5 Å². The van der Waals surface area contributed by atoms with Gasteiger partial charge in [0.1, 0.15) is 9.24 Å². The highest BCUT2D eigenvalue weighted by Gasteiger charge is 2.17. The molecule has 0 fully saturated rings. The maximum atomic E-state index is 10.5. The molecule has 0 radical (unpaired) electrons. The third kappa shape index (κ3) is 3.39. The Labute approximate surface area is 154 Å². The third-order valence-electron chi connectivity index (χ3n) is 3.66. The van der Waals surface area contributed by atoms with Gasteiger partial charge in [0.2, 0.25) is 0 Å². The minimum absolute atomic E-state index is 0.104. The molecule has 0 atom stereocenters. The number of aliphatic imine (C=N–C) groups is 2. The van der Waals surface area contributed by atoms with Crippen LogP contribution in [0, 0.1) is 10.1 Å². The van der Waals surface area contributed by atoms with Crippen LogP contribution < -0.4 is 5.73 Å². The molecule has 0 aliphatic carbocycles. The van der Waals surface area contributed by atoms with Gasteiger partial charge in [0, 0.05) is 28.9 Å². The Morgan fingerprint density at radius 3 is 2.08 bits per heavy atom. The van der Waals surface area contributed by atoms with Gasteiger partial charge in [-0.3, -0.25) is 20.1 Å². The Morgan fingerprint density at radius 1 is 0.958 bits per heavy atom. The Hall–Kier alpha value is -2.06. The molecular weight excluding hydrogens is 440 g/mol. The van der Waals surface area contributed by atoms with Gasteiger partial charge >= 0.3 is 0 Å². The summed E-state index contributed by atoms with van der Waals surface area (Å²) in [5.74, 6) is 0. The Balaban J connectivity index is 0.000000143. The molecule has 0 spiro atoms. The van der Waals surface area contributed by atoms with E-state index < -0.39 is 4.92 Å². The average Bonchev–Trinajstić information content (AvgIpc) is 3.11. The molecule has 2 heterocycles. The number of hydrogen-bond acceptors (Lipinski definition) is 5. The Bertz CT molecular complexity index is 894. The molecule has 0 aromatic heterocycles. The molecule has 2 aromatic rings. The second-order valence-electron chi connectivity index (χ2n) is 5.23. The lowest BCUT2D eigenvalue weighted by molar-refractivity contribution is -0.384. The zero-order chi connectivity index (χ0) is 17.3. The number of fused-ring (bicyclic) bond motifs is 2. The standard InChI is InChI=1S/C8H5BrN2O2.C8H7BrN2/c9-8-7-3-6(11(12)13)2-1-5(7)4-10-8;9-8-7-3-6(10)2-1-5(7)4-11-8/h1-3H,4H2;1-3H,4,10H2. The van der Waals surface area contributed by atoms with E-state index >= 15 is 0 Å². The number of nitro benzene ring substituents is 1. The van der Waals surface area contributed by atoms with E-state index in [1.54, 1.807) is 6.07 Å². The van der Waals surface area contributed by atoms with E-state index in [2.05, 4.69) is 41.8 Å². The molecule has 2 aliphatic rings. The van der Waals surface area contributed by atoms with Crippen LogP contribution in [-0.4, -0.2) is 14.2 Å². The molecule has 8 heteroatoms. The molecule has 2 aliphatic heterocycles. The van der Waals surface area contributed by atoms with E-state index in [1.807, 2.05) is 18.2 Å². The summed E-state index contributed by atoms with van der Waals surface area (Å²) < 4.78 is 1.62. The van der Waals surface area contributed by atoms with Gasteiger partial charge in [0.15, 0.2) is 0 Å². The van der Waals surface area contributed by atoms with Crippen molar-refractivity contribution >= 4 is 52.5 Å². The zero-order valence-corrected chi connectivity index (χ0v) is 15.5. The molecule has 0 saturated heterocycles. The number of halogens is 2. The van der Waals surface area contributed by atoms with E-state index in [9.17, 15) is 10.1 Å². The summed E-state index contributed by atoms with van der Waals surface area (Å²) in [7, 11) is 0. The van der Waals surface area contributed by atoms with Crippen LogP contribution >= 0.6 is 31.9 Å². The summed E-state index contributed by atoms with van der Waals surface area (Å²) in [6, 6.07) is 10.6. The highest BCUT2D eigenvalue weighted by Crippen LogP contribution is 2.26. The maximum Gasteiger partial charge on any atom is 0.270 e. The van der Waals surface area contributed by atoms with Gasteiger partial charge < -0.3 is 5.73 Å². The highest BCUT2D eigenvalue weighted by atomic mass is 79.9. The molecule has 0 bridgehead atoms. The quantitative estimate of drug-likeness (QED) is 0.400. The van der Waals surface area contributed by atoms with E-state index in [1.165, 1.54) is 17.7 Å². The van der Waals surface area contributed by atoms with Gasteiger partial charge in [0.05, 0.1) is 18.0 Å². The van der Waals surface area contributed by atoms with Crippen LogP contribution in [0.5, 0.6) is 0 Å². The van der Waals surface area contributed by atoms with Crippen molar-refractivity contribution in [1.29, 1.82) is 0 Å². The van der Waals surface area contributed by atoms with Crippen LogP contribution in [0.3, 0.4) is 0 Å². The largest absolute Gasteiger partial charge is 0.399 e. The fraction of sp³-hybridized carbons (Fsp3) is 0.125. The van der Waals surface area contributed by atoms with E-state index in [-0.39, 0.29) is 5.69 Å². The third-order valence-corrected chi connectivity index (χ3v) is 5.02. The molecule has 0 saturated carbocycles. The normalized spacial score (nSPS) is 14.1. The number of rotatable bonds is 1. The van der Waals surface area contributed by atoms with Gasteiger partial charge in [-0.25, -0.2) is 0 Å². The van der Waals surface area contributed by atoms with Crippen LogP contribution in [0.1, 0.15) is 22.3 Å². The fourth-order valence-electron chi connectivity index (χ4n) is 2.41. The van der Waals surface area contributed by atoms with Gasteiger partial charge in [-0.15, -0.1) is 0 Å². The van der Waals surface area contributed by atoms with Gasteiger partial charge in [-0.2, -0.15) is 0 Å². The van der Waals surface area contributed by atoms with Crippen molar-refractivity contribution in [3.8, 4) is 0 Å². The average molecular weight is 452 g/mol. The molecule has 122 valence electrons. The number of non-ortho nitro benzene ring substituents is 1. The molecule has 24 heavy (non-hydrogen) atoms. The second-order valence-corrected chi connectivity index (χ2v) is 6.73. The number of anilines is 1. The molecule has 6 nitrogen and oxygen atoms in total. The van der Waals surface area contributed by atoms with Crippen LogP contribution in [0.15, 0.2) is 46.4 Å². The number of benzene rings is 2. The first-order valence-corrected chi connectivity index (χ1v) is 8.60. The van der Waals surface area contributed by atoms with Gasteiger partial charge in [-0.05, 0) is 61.2 Å². The van der Waals surface area contributed by atoms with Crippen molar-refractivity contribution in [1.82, 2.24) is 0 Å². The molecular formula is C16H12Br2N4O2. The second kappa shape index (κ2) is 6.82. The Kier molecular flexibility index (Phi) is 4.77. The van der Waals surface area contributed by atoms with E-state index in [0.29, 0.717) is 11.2 Å². The summed E-state index contributed by atoms with van der Waals surface area (Å²) in [5, 5.41) is 10.5. The predicted octanol–water partition coefficient (Wildman–Crippen LogP) is 4.17. The predicted molar refractivity (Wildman–Crippen MR) is 102 cm³/mol. The SMILES string of the molecule is Nc1ccc2c(c1)C(Br)=NC2.O=[N+]([O-])c1ccc2c(c1)C(Br)=NC2. The first-order valence-electron chi connectivity index (χ1n) is 7.02. The monoisotopic (exact) mass is 450 g/mol. The number of nitro groups is 1. The topological polar surface area (TPSA) is 93.9 Å². The first kappa shape index (κ1) is 16.8. The van der Waals surface area contributed by atoms with Crippen LogP contribution in [0.2, 0.25) is 0 Å². The lowest BCUT2D eigenvalue weighted by atomic mass is 10.1. The fourth-order valence-corrected chi connectivity index (χ4v) is 3.40. The smallest absolute Gasteiger partial charge is 0.270 e. The Morgan fingerprint density at radius 2 is 1.50 bits per heavy atom. The van der Waals surface area contributed by atoms with Crippen LogP contribution in [-0.2, 0) is 13.1 Å². The summed E-state index contributed by atoms with van der Waals surface area (Å²) >= 11 is 6.61. The van der Waals surface area contributed by atoms with Crippen molar-refractivity contribution in [2.75, 3.05) is 5.73 Å². The highest BCUT2D eigenvalue weighted by molar-refractivity contribution is 9.18. The number of nitrogens with zero attached hydrogens (tertiary/aromatic N) is 3. The van der Waals surface area contributed by atoms with Crippen molar-refractivity contribution in [2.24, 2.45) is 9.98 Å². The molecule has 4 rings (SSSR count). The van der Waals surface area contributed by atoms with Crippen LogP contribution in [0.4, 0.5) is 11.4 Å². The van der Waals surface area contributed by atoms with E-state index in [4.69, 9.17) is 5.73 Å². The van der Waals surface area contributed by atoms with Gasteiger partial charge in [0.25, 0.3) is 5.69 Å². The first-order chi connectivity index (χ1) is 11.5. The molecule has 0 amide bonds. The number of nitrogen functional groups attached to an aromatic ring is 1. The number of hydrogen-bond donors (Lipinski definition) is 1. The van der Waals surface area contributed by atoms with Crippen molar-refractivity contribution < 1.29 is 4.92 Å². The zero-order valence-electron chi connectivity index (χ0n) is 12.4. The summed E-state index contributed by atoms with van der Waals surface area (Å²) in [5.41, 5.74) is 10.7. The molecule has 2 N–H and O–H groups in total. The maximum absolute atomic E-state index is 10.5. The molecule has 2 aromatic carbocycles. The summed E-state index contributed by atoms with van der Waals surface area (Å²) in [4.78, 5) is 18.4. The minimum Gasteiger partial charge on any atom is -0.399 e. The minimum atomic E-state index is -0.404. The van der Waals surface area contributed by atoms with Crippen LogP contribution in [0.25, 0.3) is 0 Å². The number of nitrogens with two attached hydrogens (primary N) is 1. The lowest BCUT2D eigenvalue weighted by Gasteiger charge is -1.98. The van der Waals surface area contributed by atoms with Crippen molar-refractivity contribution in [3.63, 3.8) is 0 Å². The summed E-state index contributed by atoms with van der Waals surface area (Å²) in [6.07, 6.45) is 0. The van der Waals surface area contributed by atoms with Crippen molar-refractivity contribution in [2.45, 2.75) is 13.1 Å². The summed E-state index contributed by atoms with van der Waals surface area (Å²) in [6.45, 7) is 1.38.